The van der Waals surface area contributed by atoms with E-state index in [4.69, 9.17) is 14.1 Å². The summed E-state index contributed by atoms with van der Waals surface area (Å²) in [4.78, 5) is 5.18. The number of para-hydroxylation sites is 3. The summed E-state index contributed by atoms with van der Waals surface area (Å²) in [5.74, 6) is 1.21. The van der Waals surface area contributed by atoms with Crippen LogP contribution in [-0.2, 0) is 37.4 Å². The first-order valence-electron chi connectivity index (χ1n) is 17.8. The molecule has 7 aromatic rings. The molecule has 0 N–H and O–H groups in total. The molecule has 2 aliphatic carbocycles. The van der Waals surface area contributed by atoms with E-state index in [1.807, 2.05) is 42.5 Å². The fourth-order valence-electron chi connectivity index (χ4n) is 8.98. The average molecular weight is 839 g/mol. The summed E-state index contributed by atoms with van der Waals surface area (Å²) >= 11 is 0. The molecule has 2 saturated carbocycles. The number of ether oxygens (including phenoxy) is 1. The Balaban J connectivity index is 0.00000361. The second-order valence-corrected chi connectivity index (χ2v) is 15.1. The largest absolute Gasteiger partial charge is 0.510 e. The van der Waals surface area contributed by atoms with Crippen LogP contribution in [0.5, 0.6) is 11.5 Å². The third-order valence-corrected chi connectivity index (χ3v) is 11.4. The smallest absolute Gasteiger partial charge is 0.243 e. The van der Waals surface area contributed by atoms with Crippen molar-refractivity contribution in [2.24, 2.45) is 0 Å². The van der Waals surface area contributed by atoms with Crippen molar-refractivity contribution in [2.45, 2.75) is 88.5 Å². The van der Waals surface area contributed by atoms with Crippen molar-refractivity contribution in [2.75, 3.05) is 0 Å². The number of hydrogen-bond acceptors (Lipinski definition) is 3. The van der Waals surface area contributed by atoms with Crippen molar-refractivity contribution in [3.8, 4) is 17.2 Å². The molecule has 0 unspecified atom stereocenters. The first-order valence-corrected chi connectivity index (χ1v) is 17.8. The molecule has 2 aliphatic rings. The Morgan fingerprint density at radius 2 is 1.56 bits per heavy atom. The van der Waals surface area contributed by atoms with Gasteiger partial charge in [-0.05, 0) is 73.1 Å². The molecular weight excluding hydrogens is 798 g/mol. The number of pyridine rings is 1. The molecule has 3 aromatic heterocycles. The third kappa shape index (κ3) is 5.23. The van der Waals surface area contributed by atoms with Crippen molar-refractivity contribution >= 4 is 33.0 Å². The van der Waals surface area contributed by atoms with E-state index in [9.17, 15) is 0 Å². The Morgan fingerprint density at radius 1 is 0.800 bits per heavy atom. The maximum absolute atomic E-state index is 6.36. The molecule has 5 nitrogen and oxygen atoms in total. The molecule has 256 valence electrons. The van der Waals surface area contributed by atoms with E-state index in [0.717, 1.165) is 58.8 Å². The van der Waals surface area contributed by atoms with Crippen LogP contribution < -0.4 is 9.30 Å². The quantitative estimate of drug-likeness (QED) is 0.128. The zero-order valence-corrected chi connectivity index (χ0v) is 31.1. The van der Waals surface area contributed by atoms with Gasteiger partial charge < -0.3 is 18.3 Å². The molecule has 0 saturated heterocycles. The summed E-state index contributed by atoms with van der Waals surface area (Å²) in [6, 6.07) is 38.2. The first-order chi connectivity index (χ1) is 23.8. The summed E-state index contributed by atoms with van der Waals surface area (Å²) in [5, 5.41) is 2.11. The molecule has 0 spiro atoms. The van der Waals surface area contributed by atoms with Gasteiger partial charge in [0.15, 0.2) is 0 Å². The van der Waals surface area contributed by atoms with Gasteiger partial charge in [0, 0.05) is 44.3 Å². The number of aromatic nitrogens is 3. The third-order valence-electron chi connectivity index (χ3n) is 11.4. The van der Waals surface area contributed by atoms with Crippen LogP contribution in [0.1, 0.15) is 83.4 Å². The van der Waals surface area contributed by atoms with E-state index >= 15 is 0 Å². The molecule has 0 aliphatic heterocycles. The Hall–Kier alpha value is -4.21. The van der Waals surface area contributed by atoms with E-state index in [1.165, 1.54) is 42.5 Å². The second kappa shape index (κ2) is 12.5. The number of rotatable bonds is 5. The maximum atomic E-state index is 6.36. The molecule has 6 heteroatoms. The number of benzene rings is 4. The van der Waals surface area contributed by atoms with Crippen molar-refractivity contribution in [1.29, 1.82) is 0 Å². The van der Waals surface area contributed by atoms with E-state index < -0.39 is 0 Å². The Bertz CT molecular complexity index is 2330. The second-order valence-electron chi connectivity index (χ2n) is 15.1. The van der Waals surface area contributed by atoms with Gasteiger partial charge in [0.05, 0.1) is 22.1 Å². The predicted molar refractivity (Wildman–Crippen MR) is 193 cm³/mol. The van der Waals surface area contributed by atoms with Crippen molar-refractivity contribution in [3.63, 3.8) is 0 Å². The fraction of sp³-hybridized carbons (Fsp3) is 0.318. The number of hydrogen-bond donors (Lipinski definition) is 0. The molecule has 4 aromatic carbocycles. The van der Waals surface area contributed by atoms with Crippen LogP contribution >= 0.6 is 0 Å². The molecule has 2 fully saturated rings. The van der Waals surface area contributed by atoms with Gasteiger partial charge in [-0.1, -0.05) is 93.2 Å². The van der Waals surface area contributed by atoms with Gasteiger partial charge in [-0.15, -0.1) is 18.2 Å². The summed E-state index contributed by atoms with van der Waals surface area (Å²) in [6.07, 6.45) is 15.4. The van der Waals surface area contributed by atoms with Crippen LogP contribution in [-0.4, -0.2) is 9.55 Å². The van der Waals surface area contributed by atoms with Gasteiger partial charge in [0.25, 0.3) is 0 Å². The molecule has 0 amide bonds. The van der Waals surface area contributed by atoms with E-state index in [-0.39, 0.29) is 37.4 Å². The normalized spacial score (nSPS) is 20.9. The van der Waals surface area contributed by atoms with Crippen molar-refractivity contribution in [1.82, 2.24) is 9.55 Å². The monoisotopic (exact) mass is 838 g/mol. The summed E-state index contributed by atoms with van der Waals surface area (Å²) < 4.78 is 17.2. The van der Waals surface area contributed by atoms with Gasteiger partial charge in [-0.3, -0.25) is 4.98 Å². The van der Waals surface area contributed by atoms with Gasteiger partial charge in [-0.25, -0.2) is 0 Å². The van der Waals surface area contributed by atoms with Crippen molar-refractivity contribution < 1.29 is 34.8 Å². The molecule has 0 atom stereocenters. The SMILES string of the molecule is CC(C)(C)c1ccnc(C23CCCCC2([n+]2[c-]n(-c4[c-]c(Oc5[c-]cc6c(c5)oc5ccccc56)ccc4)c4ccccc42)CCCC3)c1.[Pt]. The Kier molecular flexibility index (Phi) is 8.26. The van der Waals surface area contributed by atoms with Gasteiger partial charge >= 0.3 is 0 Å². The molecule has 50 heavy (non-hydrogen) atoms. The first kappa shape index (κ1) is 33.0. The summed E-state index contributed by atoms with van der Waals surface area (Å²) in [5.41, 5.74) is 7.34. The molecule has 0 radical (unpaired) electrons. The van der Waals surface area contributed by atoms with Gasteiger partial charge in [0.2, 0.25) is 6.33 Å². The number of nitrogens with zero attached hydrogens (tertiary/aromatic N) is 3. The zero-order chi connectivity index (χ0) is 33.2. The standard InChI is InChI=1S/C44H41N3O2.Pt/c1-42(2,3)31-21-26-45-41(27-31)43-22-8-10-24-44(43,25-11-9-23-43)47-30-46(37-16-5-6-17-38(37)47)32-13-12-14-33(28-32)48-34-19-20-36-35-15-4-7-18-39(35)49-40(36)29-34;/h4-7,12-18,20-21,26-27,29H,8-11,22-25H2,1-3H3;/q-2;. The minimum atomic E-state index is -0.122. The van der Waals surface area contributed by atoms with Gasteiger partial charge in [0.1, 0.15) is 11.1 Å². The molecule has 9 rings (SSSR count). The van der Waals surface area contributed by atoms with Crippen LogP contribution in [0.4, 0.5) is 0 Å². The topological polar surface area (TPSA) is 44.1 Å². The van der Waals surface area contributed by atoms with E-state index in [0.29, 0.717) is 11.5 Å². The summed E-state index contributed by atoms with van der Waals surface area (Å²) in [6.45, 7) is 6.91. The minimum absolute atomic E-state index is 0. The average Bonchev–Trinajstić information content (AvgIpc) is 3.70. The number of fused-ring (bicyclic) bond motifs is 5. The van der Waals surface area contributed by atoms with Crippen LogP contribution in [0.3, 0.4) is 0 Å². The fourth-order valence-corrected chi connectivity index (χ4v) is 8.98. The molecule has 0 bridgehead atoms. The molecule has 3 heterocycles. The number of furan rings is 1. The summed E-state index contributed by atoms with van der Waals surface area (Å²) in [7, 11) is 0. The van der Waals surface area contributed by atoms with Crippen LogP contribution in [0.2, 0.25) is 0 Å². The Labute approximate surface area is 308 Å². The Morgan fingerprint density at radius 3 is 2.38 bits per heavy atom. The van der Waals surface area contributed by atoms with Crippen LogP contribution in [0.25, 0.3) is 38.7 Å². The van der Waals surface area contributed by atoms with Gasteiger partial charge in [-0.2, -0.15) is 18.2 Å². The van der Waals surface area contributed by atoms with E-state index in [1.54, 1.807) is 0 Å². The zero-order valence-electron chi connectivity index (χ0n) is 28.9. The predicted octanol–water partition coefficient (Wildman–Crippen LogP) is 10.5. The number of imidazole rings is 1. The van der Waals surface area contributed by atoms with Crippen LogP contribution in [0.15, 0.2) is 102 Å². The van der Waals surface area contributed by atoms with Crippen LogP contribution in [0, 0.1) is 18.5 Å². The minimum Gasteiger partial charge on any atom is -0.510 e. The maximum Gasteiger partial charge on any atom is 0.243 e. The van der Waals surface area contributed by atoms with Crippen molar-refractivity contribution in [3.05, 3.63) is 127 Å². The van der Waals surface area contributed by atoms with E-state index in [2.05, 4.69) is 103 Å². The molecular formula is C44H41N3O2Pt-2.